The molecule has 0 bridgehead atoms. The molecule has 0 saturated carbocycles. The van der Waals surface area contributed by atoms with Crippen molar-refractivity contribution in [1.29, 1.82) is 0 Å². The molecule has 0 radical (unpaired) electrons. The zero-order chi connectivity index (χ0) is 21.6. The molecule has 3 heterocycles. The number of aromatic nitrogens is 3. The van der Waals surface area contributed by atoms with Gasteiger partial charge in [-0.25, -0.2) is 0 Å². The summed E-state index contributed by atoms with van der Waals surface area (Å²) in [4.78, 5) is 30.5. The topological polar surface area (TPSA) is 92.7 Å². The maximum atomic E-state index is 12.5. The van der Waals surface area contributed by atoms with Gasteiger partial charge in [0.1, 0.15) is 0 Å². The normalized spacial score (nSPS) is 17.0. The van der Waals surface area contributed by atoms with E-state index in [1.165, 1.54) is 11.8 Å². The van der Waals surface area contributed by atoms with Gasteiger partial charge in [-0.15, -0.1) is 0 Å². The van der Waals surface area contributed by atoms with Crippen LogP contribution in [0.5, 0.6) is 0 Å². The number of hydrogen-bond donors (Lipinski definition) is 1. The highest BCUT2D eigenvalue weighted by molar-refractivity contribution is 9.10. The van der Waals surface area contributed by atoms with Crippen LogP contribution in [0.15, 0.2) is 27.8 Å². The molecule has 12 heteroatoms. The zero-order valence-electron chi connectivity index (χ0n) is 16.7. The second-order valence-corrected chi connectivity index (χ2v) is 9.14. The van der Waals surface area contributed by atoms with Gasteiger partial charge in [-0.2, -0.15) is 15.0 Å². The third-order valence-electron chi connectivity index (χ3n) is 4.72. The molecule has 2 fully saturated rings. The van der Waals surface area contributed by atoms with Gasteiger partial charge in [0.05, 0.1) is 42.9 Å². The molecule has 1 aromatic carbocycles. The Kier molecular flexibility index (Phi) is 7.83. The van der Waals surface area contributed by atoms with Crippen LogP contribution < -0.4 is 15.1 Å². The summed E-state index contributed by atoms with van der Waals surface area (Å²) in [5.74, 6) is 1.19. The first-order chi connectivity index (χ1) is 15.1. The number of amides is 1. The Morgan fingerprint density at radius 3 is 2.16 bits per heavy atom. The van der Waals surface area contributed by atoms with Crippen molar-refractivity contribution in [1.82, 2.24) is 15.0 Å². The smallest absolute Gasteiger partial charge is 0.234 e. The van der Waals surface area contributed by atoms with Crippen molar-refractivity contribution in [3.8, 4) is 0 Å². The van der Waals surface area contributed by atoms with E-state index in [0.717, 1.165) is 30.7 Å². The second-order valence-electron chi connectivity index (χ2n) is 6.88. The van der Waals surface area contributed by atoms with Gasteiger partial charge < -0.3 is 24.6 Å². The Hall–Kier alpha value is -1.66. The number of benzene rings is 1. The van der Waals surface area contributed by atoms with Crippen LogP contribution in [0, 0.1) is 0 Å². The molecule has 0 aliphatic carbocycles. The van der Waals surface area contributed by atoms with Gasteiger partial charge in [-0.3, -0.25) is 4.79 Å². The molecule has 2 saturated heterocycles. The number of hydrogen-bond acceptors (Lipinski definition) is 9. The summed E-state index contributed by atoms with van der Waals surface area (Å²) in [6, 6.07) is 5.31. The molecule has 9 nitrogen and oxygen atoms in total. The van der Waals surface area contributed by atoms with Crippen LogP contribution in [-0.2, 0) is 14.3 Å². The number of carbonyl (C=O) groups excluding carboxylic acids is 1. The van der Waals surface area contributed by atoms with Gasteiger partial charge in [0.2, 0.25) is 17.8 Å². The predicted molar refractivity (Wildman–Crippen MR) is 124 cm³/mol. The summed E-state index contributed by atoms with van der Waals surface area (Å²) in [6.07, 6.45) is 0. The molecule has 1 amide bonds. The lowest BCUT2D eigenvalue weighted by molar-refractivity contribution is -0.113. The van der Waals surface area contributed by atoms with Gasteiger partial charge in [0.25, 0.3) is 0 Å². The van der Waals surface area contributed by atoms with Crippen LogP contribution in [0.1, 0.15) is 0 Å². The Balaban J connectivity index is 1.47. The van der Waals surface area contributed by atoms with E-state index >= 15 is 0 Å². The minimum Gasteiger partial charge on any atom is -0.378 e. The summed E-state index contributed by atoms with van der Waals surface area (Å²) in [6.45, 7) is 5.43. The van der Waals surface area contributed by atoms with Gasteiger partial charge in [0.15, 0.2) is 5.16 Å². The predicted octanol–water partition coefficient (Wildman–Crippen LogP) is 2.69. The second kappa shape index (κ2) is 10.8. The SMILES string of the molecule is O=C(CSc1nc(N2CCOCC2)nc(N2CCOCC2)n1)Nc1ccc(Br)cc1Cl. The van der Waals surface area contributed by atoms with E-state index in [4.69, 9.17) is 21.1 Å². The Morgan fingerprint density at radius 2 is 1.61 bits per heavy atom. The van der Waals surface area contributed by atoms with E-state index < -0.39 is 0 Å². The molecule has 2 aliphatic heterocycles. The highest BCUT2D eigenvalue weighted by Gasteiger charge is 2.21. The minimum absolute atomic E-state index is 0.154. The zero-order valence-corrected chi connectivity index (χ0v) is 19.9. The Bertz CT molecular complexity index is 891. The summed E-state index contributed by atoms with van der Waals surface area (Å²) < 4.78 is 11.7. The van der Waals surface area contributed by atoms with Crippen LogP contribution in [-0.4, -0.2) is 79.2 Å². The fourth-order valence-corrected chi connectivity index (χ4v) is 4.46. The van der Waals surface area contributed by atoms with Crippen LogP contribution in [0.25, 0.3) is 0 Å². The molecule has 166 valence electrons. The largest absolute Gasteiger partial charge is 0.378 e. The van der Waals surface area contributed by atoms with E-state index in [9.17, 15) is 4.79 Å². The number of thioether (sulfide) groups is 1. The molecule has 4 rings (SSSR count). The van der Waals surface area contributed by atoms with E-state index in [-0.39, 0.29) is 11.7 Å². The first kappa shape index (κ1) is 22.5. The van der Waals surface area contributed by atoms with E-state index in [1.807, 2.05) is 6.07 Å². The number of ether oxygens (including phenoxy) is 2. The highest BCUT2D eigenvalue weighted by atomic mass is 79.9. The molecule has 2 aliphatic rings. The van der Waals surface area contributed by atoms with Crippen molar-refractivity contribution in [2.75, 3.05) is 73.5 Å². The number of anilines is 3. The van der Waals surface area contributed by atoms with E-state index in [1.54, 1.807) is 12.1 Å². The lowest BCUT2D eigenvalue weighted by Crippen LogP contribution is -2.40. The van der Waals surface area contributed by atoms with Crippen LogP contribution in [0.2, 0.25) is 5.02 Å². The highest BCUT2D eigenvalue weighted by Crippen LogP contribution is 2.26. The first-order valence-electron chi connectivity index (χ1n) is 9.87. The fraction of sp³-hybridized carbons (Fsp3) is 0.474. The average molecular weight is 530 g/mol. The standard InChI is InChI=1S/C19H22BrClN6O3S/c20-13-1-2-15(14(21)11-13)22-16(28)12-31-19-24-17(26-3-7-29-8-4-26)23-18(25-19)27-5-9-30-10-6-27/h1-2,11H,3-10,12H2,(H,22,28). The third kappa shape index (κ3) is 6.19. The number of rotatable bonds is 6. The van der Waals surface area contributed by atoms with Crippen molar-refractivity contribution in [2.45, 2.75) is 5.16 Å². The molecule has 0 atom stereocenters. The van der Waals surface area contributed by atoms with Crippen molar-refractivity contribution in [3.63, 3.8) is 0 Å². The average Bonchev–Trinajstić information content (AvgIpc) is 2.80. The maximum Gasteiger partial charge on any atom is 0.234 e. The molecule has 2 aromatic rings. The van der Waals surface area contributed by atoms with Crippen molar-refractivity contribution >= 4 is 62.8 Å². The summed E-state index contributed by atoms with van der Waals surface area (Å²) in [7, 11) is 0. The van der Waals surface area contributed by atoms with Gasteiger partial charge in [-0.05, 0) is 18.2 Å². The van der Waals surface area contributed by atoms with Gasteiger partial charge in [-0.1, -0.05) is 39.3 Å². The number of nitrogens with zero attached hydrogens (tertiary/aromatic N) is 5. The third-order valence-corrected chi connectivity index (χ3v) is 6.37. The maximum absolute atomic E-state index is 12.5. The number of carbonyl (C=O) groups is 1. The van der Waals surface area contributed by atoms with Gasteiger partial charge >= 0.3 is 0 Å². The summed E-state index contributed by atoms with van der Waals surface area (Å²) in [5.41, 5.74) is 0.564. The Morgan fingerprint density at radius 1 is 1.03 bits per heavy atom. The molecular formula is C19H22BrClN6O3S. The first-order valence-corrected chi connectivity index (χ1v) is 12.0. The minimum atomic E-state index is -0.185. The monoisotopic (exact) mass is 528 g/mol. The fourth-order valence-electron chi connectivity index (χ4n) is 3.12. The molecule has 0 unspecified atom stereocenters. The van der Waals surface area contributed by atoms with Crippen molar-refractivity contribution in [2.24, 2.45) is 0 Å². The number of nitrogens with one attached hydrogen (secondary N) is 1. The summed E-state index contributed by atoms with van der Waals surface area (Å²) in [5, 5.41) is 3.80. The molecule has 31 heavy (non-hydrogen) atoms. The van der Waals surface area contributed by atoms with Crippen molar-refractivity contribution in [3.05, 3.63) is 27.7 Å². The van der Waals surface area contributed by atoms with Crippen LogP contribution >= 0.6 is 39.3 Å². The van der Waals surface area contributed by atoms with E-state index in [2.05, 4.69) is 46.0 Å². The molecule has 1 aromatic heterocycles. The lowest BCUT2D eigenvalue weighted by Gasteiger charge is -2.30. The van der Waals surface area contributed by atoms with Crippen LogP contribution in [0.4, 0.5) is 17.6 Å². The lowest BCUT2D eigenvalue weighted by atomic mass is 10.3. The number of morpholine rings is 2. The molecule has 0 spiro atoms. The van der Waals surface area contributed by atoms with E-state index in [0.29, 0.717) is 54.2 Å². The quantitative estimate of drug-likeness (QED) is 0.567. The van der Waals surface area contributed by atoms with Crippen molar-refractivity contribution < 1.29 is 14.3 Å². The number of halogens is 2. The Labute approximate surface area is 198 Å². The summed E-state index contributed by atoms with van der Waals surface area (Å²) >= 11 is 10.8. The molecule has 1 N–H and O–H groups in total. The van der Waals surface area contributed by atoms with Gasteiger partial charge in [0, 0.05) is 30.7 Å². The van der Waals surface area contributed by atoms with Crippen LogP contribution in [0.3, 0.4) is 0 Å². The molecular weight excluding hydrogens is 508 g/mol.